The Morgan fingerprint density at radius 1 is 1.43 bits per heavy atom. The van der Waals surface area contributed by atoms with Crippen molar-refractivity contribution in [3.05, 3.63) is 23.5 Å². The fourth-order valence-electron chi connectivity index (χ4n) is 2.51. The van der Waals surface area contributed by atoms with E-state index in [0.29, 0.717) is 0 Å². The first kappa shape index (κ1) is 16.7. The highest BCUT2D eigenvalue weighted by Gasteiger charge is 2.25. The third-order valence-electron chi connectivity index (χ3n) is 3.75. The first-order valence-corrected chi connectivity index (χ1v) is 9.24. The van der Waals surface area contributed by atoms with Crippen LogP contribution in [0.25, 0.3) is 0 Å². The Morgan fingerprint density at radius 2 is 2.14 bits per heavy atom. The van der Waals surface area contributed by atoms with Crippen LogP contribution in [0.15, 0.2) is 23.2 Å². The highest BCUT2D eigenvalue weighted by atomic mass is 35.5. The quantitative estimate of drug-likeness (QED) is 0.812. The molecule has 0 aliphatic carbocycles. The largest absolute Gasteiger partial charge is 0.303 e. The summed E-state index contributed by atoms with van der Waals surface area (Å²) in [7, 11) is -3.59. The third-order valence-corrected chi connectivity index (χ3v) is 5.72. The van der Waals surface area contributed by atoms with E-state index in [4.69, 9.17) is 11.6 Å². The first-order chi connectivity index (χ1) is 10.0. The molecule has 1 aliphatic rings. The maximum absolute atomic E-state index is 12.3. The van der Waals surface area contributed by atoms with E-state index in [1.807, 2.05) is 0 Å². The van der Waals surface area contributed by atoms with Crippen molar-refractivity contribution in [2.24, 2.45) is 0 Å². The summed E-state index contributed by atoms with van der Waals surface area (Å²) in [4.78, 5) is 6.27. The molecule has 2 rings (SSSR count). The second kappa shape index (κ2) is 7.54. The van der Waals surface area contributed by atoms with Gasteiger partial charge in [-0.1, -0.05) is 24.9 Å². The van der Waals surface area contributed by atoms with Crippen LogP contribution < -0.4 is 4.72 Å². The summed E-state index contributed by atoms with van der Waals surface area (Å²) in [5, 5.41) is 0.0189. The van der Waals surface area contributed by atoms with Crippen LogP contribution in [0.1, 0.15) is 32.6 Å². The summed E-state index contributed by atoms with van der Waals surface area (Å²) < 4.78 is 27.4. The summed E-state index contributed by atoms with van der Waals surface area (Å²) in [6.45, 7) is 5.16. The van der Waals surface area contributed by atoms with Gasteiger partial charge in [0.1, 0.15) is 10.0 Å². The van der Waals surface area contributed by atoms with Crippen LogP contribution in [0.5, 0.6) is 0 Å². The Balaban J connectivity index is 1.92. The van der Waals surface area contributed by atoms with E-state index in [2.05, 4.69) is 21.5 Å². The Morgan fingerprint density at radius 3 is 2.76 bits per heavy atom. The third kappa shape index (κ3) is 4.64. The first-order valence-electron chi connectivity index (χ1n) is 7.38. The number of pyridine rings is 1. The zero-order chi connectivity index (χ0) is 15.3. The maximum atomic E-state index is 12.3. The van der Waals surface area contributed by atoms with Gasteiger partial charge in [0, 0.05) is 12.2 Å². The predicted octanol–water partition coefficient (Wildman–Crippen LogP) is 2.28. The summed E-state index contributed by atoms with van der Waals surface area (Å²) in [6, 6.07) is 3.03. The van der Waals surface area contributed by atoms with Gasteiger partial charge in [-0.05, 0) is 51.0 Å². The Kier molecular flexibility index (Phi) is 5.98. The molecule has 0 amide bonds. The SMILES string of the molecule is CCCCN1CCC(NS(=O)(=O)c2cccnc2Cl)CC1. The fraction of sp³-hybridized carbons (Fsp3) is 0.643. The molecule has 5 nitrogen and oxygen atoms in total. The van der Waals surface area contributed by atoms with Crippen LogP contribution in [0.2, 0.25) is 5.15 Å². The molecule has 1 saturated heterocycles. The van der Waals surface area contributed by atoms with E-state index in [-0.39, 0.29) is 16.1 Å². The van der Waals surface area contributed by atoms with Crippen molar-refractivity contribution in [3.63, 3.8) is 0 Å². The van der Waals surface area contributed by atoms with Gasteiger partial charge >= 0.3 is 0 Å². The molecule has 0 radical (unpaired) electrons. The molecule has 1 N–H and O–H groups in total. The van der Waals surface area contributed by atoms with Gasteiger partial charge in [-0.25, -0.2) is 18.1 Å². The topological polar surface area (TPSA) is 62.3 Å². The molecule has 0 aromatic carbocycles. The zero-order valence-electron chi connectivity index (χ0n) is 12.3. The highest BCUT2D eigenvalue weighted by molar-refractivity contribution is 7.89. The lowest BCUT2D eigenvalue weighted by atomic mass is 10.1. The van der Waals surface area contributed by atoms with Gasteiger partial charge in [0.05, 0.1) is 0 Å². The minimum atomic E-state index is -3.59. The Hall–Kier alpha value is -0.690. The van der Waals surface area contributed by atoms with E-state index in [1.165, 1.54) is 25.1 Å². The summed E-state index contributed by atoms with van der Waals surface area (Å²) in [6.07, 6.45) is 5.53. The standard InChI is InChI=1S/C14H22ClN3O2S/c1-2-3-9-18-10-6-12(7-11-18)17-21(19,20)13-5-4-8-16-14(13)15/h4-5,8,12,17H,2-3,6-7,9-11H2,1H3. The minimum absolute atomic E-state index is 0.0189. The molecular weight excluding hydrogens is 310 g/mol. The van der Waals surface area contributed by atoms with Crippen molar-refractivity contribution < 1.29 is 8.42 Å². The van der Waals surface area contributed by atoms with Crippen molar-refractivity contribution in [2.45, 2.75) is 43.5 Å². The number of likely N-dealkylation sites (tertiary alicyclic amines) is 1. The molecule has 0 unspecified atom stereocenters. The zero-order valence-corrected chi connectivity index (χ0v) is 13.8. The number of sulfonamides is 1. The highest BCUT2D eigenvalue weighted by Crippen LogP contribution is 2.20. The fourth-order valence-corrected chi connectivity index (χ4v) is 4.27. The number of halogens is 1. The van der Waals surface area contributed by atoms with E-state index < -0.39 is 10.0 Å². The van der Waals surface area contributed by atoms with Crippen LogP contribution in [0, 0.1) is 0 Å². The van der Waals surface area contributed by atoms with E-state index in [0.717, 1.165) is 32.5 Å². The number of hydrogen-bond donors (Lipinski definition) is 1. The summed E-state index contributed by atoms with van der Waals surface area (Å²) in [5.74, 6) is 0. The number of hydrogen-bond acceptors (Lipinski definition) is 4. The van der Waals surface area contributed by atoms with Gasteiger partial charge in [-0.15, -0.1) is 0 Å². The lowest BCUT2D eigenvalue weighted by Crippen LogP contribution is -2.44. The number of aromatic nitrogens is 1. The summed E-state index contributed by atoms with van der Waals surface area (Å²) in [5.41, 5.74) is 0. The van der Waals surface area contributed by atoms with Gasteiger partial charge < -0.3 is 4.90 Å². The maximum Gasteiger partial charge on any atom is 0.243 e. The average molecular weight is 332 g/mol. The van der Waals surface area contributed by atoms with E-state index in [1.54, 1.807) is 6.07 Å². The smallest absolute Gasteiger partial charge is 0.243 e. The van der Waals surface area contributed by atoms with Crippen LogP contribution >= 0.6 is 11.6 Å². The normalized spacial score (nSPS) is 18.0. The molecule has 7 heteroatoms. The lowest BCUT2D eigenvalue weighted by Gasteiger charge is -2.32. The van der Waals surface area contributed by atoms with Gasteiger partial charge in [0.2, 0.25) is 10.0 Å². The summed E-state index contributed by atoms with van der Waals surface area (Å²) >= 11 is 5.87. The molecule has 2 heterocycles. The van der Waals surface area contributed by atoms with Crippen molar-refractivity contribution >= 4 is 21.6 Å². The average Bonchev–Trinajstić information content (AvgIpc) is 2.46. The molecule has 1 aromatic heterocycles. The Bertz CT molecular complexity index is 557. The van der Waals surface area contributed by atoms with Gasteiger partial charge in [0.25, 0.3) is 0 Å². The number of nitrogens with zero attached hydrogens (tertiary/aromatic N) is 2. The van der Waals surface area contributed by atoms with Crippen LogP contribution in [0.3, 0.4) is 0 Å². The monoisotopic (exact) mass is 331 g/mol. The number of unbranched alkanes of at least 4 members (excludes halogenated alkanes) is 1. The molecule has 0 bridgehead atoms. The number of piperidine rings is 1. The van der Waals surface area contributed by atoms with Crippen LogP contribution in [-0.4, -0.2) is 44.0 Å². The van der Waals surface area contributed by atoms with Gasteiger partial charge in [0.15, 0.2) is 0 Å². The van der Waals surface area contributed by atoms with E-state index in [9.17, 15) is 8.42 Å². The molecule has 1 aromatic rings. The van der Waals surface area contributed by atoms with E-state index >= 15 is 0 Å². The Labute approximate surface area is 131 Å². The predicted molar refractivity (Wildman–Crippen MR) is 83.9 cm³/mol. The molecule has 21 heavy (non-hydrogen) atoms. The van der Waals surface area contributed by atoms with Crippen molar-refractivity contribution in [2.75, 3.05) is 19.6 Å². The molecule has 0 atom stereocenters. The molecule has 118 valence electrons. The van der Waals surface area contributed by atoms with Crippen molar-refractivity contribution in [1.82, 2.24) is 14.6 Å². The van der Waals surface area contributed by atoms with Crippen LogP contribution in [-0.2, 0) is 10.0 Å². The lowest BCUT2D eigenvalue weighted by molar-refractivity contribution is 0.205. The molecular formula is C14H22ClN3O2S. The second-order valence-electron chi connectivity index (χ2n) is 5.38. The minimum Gasteiger partial charge on any atom is -0.303 e. The van der Waals surface area contributed by atoms with Gasteiger partial charge in [-0.2, -0.15) is 0 Å². The molecule has 0 saturated carbocycles. The molecule has 1 aliphatic heterocycles. The number of rotatable bonds is 6. The number of nitrogens with one attached hydrogen (secondary N) is 1. The molecule has 0 spiro atoms. The van der Waals surface area contributed by atoms with Crippen LogP contribution in [0.4, 0.5) is 0 Å². The molecule has 1 fully saturated rings. The van der Waals surface area contributed by atoms with Crippen molar-refractivity contribution in [1.29, 1.82) is 0 Å². The van der Waals surface area contributed by atoms with Gasteiger partial charge in [-0.3, -0.25) is 0 Å². The second-order valence-corrected chi connectivity index (χ2v) is 7.42. The van der Waals surface area contributed by atoms with Crippen molar-refractivity contribution in [3.8, 4) is 0 Å².